The quantitative estimate of drug-likeness (QED) is 0.687. The van der Waals surface area contributed by atoms with Crippen molar-refractivity contribution in [3.63, 3.8) is 0 Å². The Morgan fingerprint density at radius 2 is 2.10 bits per heavy atom. The molecule has 1 aromatic heterocycles. The first kappa shape index (κ1) is 13.8. The van der Waals surface area contributed by atoms with E-state index in [1.165, 1.54) is 6.07 Å². The van der Waals surface area contributed by atoms with Crippen molar-refractivity contribution in [3.05, 3.63) is 52.3 Å². The van der Waals surface area contributed by atoms with Crippen LogP contribution in [-0.4, -0.2) is 9.55 Å². The molecule has 0 radical (unpaired) electrons. The Balaban J connectivity index is 2.32. The maximum absolute atomic E-state index is 14.1. The summed E-state index contributed by atoms with van der Waals surface area (Å²) in [6, 6.07) is 12.2. The summed E-state index contributed by atoms with van der Waals surface area (Å²) in [7, 11) is 0. The number of rotatable bonds is 2. The predicted octanol–water partition coefficient (Wildman–Crippen LogP) is 4.50. The van der Waals surface area contributed by atoms with E-state index in [0.29, 0.717) is 29.0 Å². The molecular formula is C16H11BrFN3. The Morgan fingerprint density at radius 1 is 1.29 bits per heavy atom. The smallest absolute Gasteiger partial charge is 0.144 e. The molecule has 0 aliphatic rings. The van der Waals surface area contributed by atoms with Crippen molar-refractivity contribution >= 4 is 27.0 Å². The number of halogens is 2. The van der Waals surface area contributed by atoms with Crippen LogP contribution in [0.5, 0.6) is 0 Å². The minimum Gasteiger partial charge on any atom is -0.324 e. The second-order valence-electron chi connectivity index (χ2n) is 4.62. The lowest BCUT2D eigenvalue weighted by Gasteiger charge is -2.07. The second-order valence-corrected chi connectivity index (χ2v) is 5.53. The largest absolute Gasteiger partial charge is 0.324 e. The average Bonchev–Trinajstić information content (AvgIpc) is 2.86. The molecule has 0 N–H and O–H groups in total. The summed E-state index contributed by atoms with van der Waals surface area (Å²) in [5.74, 6) is 0.255. The van der Waals surface area contributed by atoms with Gasteiger partial charge in [0.25, 0.3) is 0 Å². The number of nitrogens with zero attached hydrogens (tertiary/aromatic N) is 3. The zero-order valence-corrected chi connectivity index (χ0v) is 12.9. The first-order valence-electron chi connectivity index (χ1n) is 6.50. The topological polar surface area (TPSA) is 41.6 Å². The third-order valence-electron chi connectivity index (χ3n) is 3.36. The van der Waals surface area contributed by atoms with Crippen LogP contribution in [0.4, 0.5) is 4.39 Å². The third kappa shape index (κ3) is 2.32. The molecule has 3 nitrogen and oxygen atoms in total. The van der Waals surface area contributed by atoms with Gasteiger partial charge in [-0.15, -0.1) is 0 Å². The van der Waals surface area contributed by atoms with E-state index >= 15 is 0 Å². The van der Waals surface area contributed by atoms with Crippen LogP contribution in [0, 0.1) is 17.1 Å². The number of nitriles is 1. The van der Waals surface area contributed by atoms with Gasteiger partial charge in [-0.25, -0.2) is 9.37 Å². The van der Waals surface area contributed by atoms with Gasteiger partial charge in [-0.1, -0.05) is 15.9 Å². The van der Waals surface area contributed by atoms with Crippen LogP contribution in [0.15, 0.2) is 40.9 Å². The van der Waals surface area contributed by atoms with Crippen LogP contribution < -0.4 is 0 Å². The molecule has 0 bridgehead atoms. The van der Waals surface area contributed by atoms with Crippen molar-refractivity contribution in [2.45, 2.75) is 13.5 Å². The molecule has 3 aromatic rings. The van der Waals surface area contributed by atoms with Gasteiger partial charge in [-0.05, 0) is 43.3 Å². The lowest BCUT2D eigenvalue weighted by Crippen LogP contribution is -1.99. The molecule has 0 amide bonds. The Bertz CT molecular complexity index is 877. The number of aromatic nitrogens is 2. The van der Waals surface area contributed by atoms with Gasteiger partial charge in [0.2, 0.25) is 0 Å². The van der Waals surface area contributed by atoms with Gasteiger partial charge in [-0.3, -0.25) is 0 Å². The van der Waals surface area contributed by atoms with E-state index in [1.807, 2.05) is 17.6 Å². The van der Waals surface area contributed by atoms with Gasteiger partial charge in [-0.2, -0.15) is 5.26 Å². The van der Waals surface area contributed by atoms with Crippen molar-refractivity contribution in [3.8, 4) is 17.5 Å². The number of aryl methyl sites for hydroxylation is 1. The molecule has 0 unspecified atom stereocenters. The van der Waals surface area contributed by atoms with Gasteiger partial charge in [0.15, 0.2) is 0 Å². The first-order valence-corrected chi connectivity index (χ1v) is 7.29. The highest BCUT2D eigenvalue weighted by atomic mass is 79.9. The van der Waals surface area contributed by atoms with Gasteiger partial charge in [0.05, 0.1) is 28.2 Å². The van der Waals surface area contributed by atoms with Crippen molar-refractivity contribution < 1.29 is 4.39 Å². The number of hydrogen-bond donors (Lipinski definition) is 0. The minimum atomic E-state index is -0.316. The molecule has 5 heteroatoms. The van der Waals surface area contributed by atoms with Crippen LogP contribution in [0.3, 0.4) is 0 Å². The molecule has 0 aliphatic carbocycles. The molecule has 0 spiro atoms. The fourth-order valence-electron chi connectivity index (χ4n) is 2.39. The van der Waals surface area contributed by atoms with Gasteiger partial charge in [0.1, 0.15) is 11.6 Å². The molecule has 0 saturated carbocycles. The molecule has 1 heterocycles. The summed E-state index contributed by atoms with van der Waals surface area (Å²) in [6.07, 6.45) is 0. The van der Waals surface area contributed by atoms with E-state index < -0.39 is 0 Å². The highest BCUT2D eigenvalue weighted by molar-refractivity contribution is 9.10. The number of benzene rings is 2. The molecule has 0 saturated heterocycles. The van der Waals surface area contributed by atoms with E-state index in [2.05, 4.69) is 27.0 Å². The minimum absolute atomic E-state index is 0.316. The maximum Gasteiger partial charge on any atom is 0.144 e. The SMILES string of the molecule is CCn1c(-c2cc(Br)ccc2F)nc2cc(C#N)ccc21. The van der Waals surface area contributed by atoms with E-state index in [4.69, 9.17) is 5.26 Å². The van der Waals surface area contributed by atoms with Crippen molar-refractivity contribution in [1.29, 1.82) is 5.26 Å². The Morgan fingerprint density at radius 3 is 2.81 bits per heavy atom. The highest BCUT2D eigenvalue weighted by Gasteiger charge is 2.15. The van der Waals surface area contributed by atoms with Crippen LogP contribution in [-0.2, 0) is 6.54 Å². The average molecular weight is 344 g/mol. The Kier molecular flexibility index (Phi) is 3.48. The second kappa shape index (κ2) is 5.30. The molecule has 0 fully saturated rings. The number of hydrogen-bond acceptors (Lipinski definition) is 2. The Labute approximate surface area is 129 Å². The highest BCUT2D eigenvalue weighted by Crippen LogP contribution is 2.29. The van der Waals surface area contributed by atoms with Crippen LogP contribution in [0.25, 0.3) is 22.4 Å². The third-order valence-corrected chi connectivity index (χ3v) is 3.86. The van der Waals surface area contributed by atoms with E-state index in [9.17, 15) is 4.39 Å². The Hall–Kier alpha value is -2.19. The number of fused-ring (bicyclic) bond motifs is 1. The van der Waals surface area contributed by atoms with Gasteiger partial charge >= 0.3 is 0 Å². The van der Waals surface area contributed by atoms with Crippen molar-refractivity contribution in [2.24, 2.45) is 0 Å². The predicted molar refractivity (Wildman–Crippen MR) is 83.2 cm³/mol. The van der Waals surface area contributed by atoms with E-state index in [-0.39, 0.29) is 5.82 Å². The first-order chi connectivity index (χ1) is 10.1. The lowest BCUT2D eigenvalue weighted by molar-refractivity contribution is 0.627. The molecule has 0 atom stereocenters. The monoisotopic (exact) mass is 343 g/mol. The van der Waals surface area contributed by atoms with Crippen LogP contribution in [0.1, 0.15) is 12.5 Å². The summed E-state index contributed by atoms with van der Waals surface area (Å²) in [4.78, 5) is 4.52. The summed E-state index contributed by atoms with van der Waals surface area (Å²) in [5, 5.41) is 8.98. The zero-order chi connectivity index (χ0) is 15.0. The van der Waals surface area contributed by atoms with Crippen molar-refractivity contribution in [1.82, 2.24) is 9.55 Å². The van der Waals surface area contributed by atoms with Gasteiger partial charge in [0, 0.05) is 11.0 Å². The standard InChI is InChI=1S/C16H11BrFN3/c1-2-21-15-6-3-10(9-19)7-14(15)20-16(21)12-8-11(17)4-5-13(12)18/h3-8H,2H2,1H3. The summed E-state index contributed by atoms with van der Waals surface area (Å²) in [6.45, 7) is 2.66. The molecule has 104 valence electrons. The fraction of sp³-hybridized carbons (Fsp3) is 0.125. The summed E-state index contributed by atoms with van der Waals surface area (Å²) < 4.78 is 16.9. The molecule has 0 aliphatic heterocycles. The summed E-state index contributed by atoms with van der Waals surface area (Å²) >= 11 is 3.36. The zero-order valence-electron chi connectivity index (χ0n) is 11.3. The van der Waals surface area contributed by atoms with Crippen molar-refractivity contribution in [2.75, 3.05) is 0 Å². The van der Waals surface area contributed by atoms with E-state index in [1.54, 1.807) is 24.3 Å². The number of imidazole rings is 1. The molecule has 3 rings (SSSR count). The maximum atomic E-state index is 14.1. The summed E-state index contributed by atoms with van der Waals surface area (Å²) in [5.41, 5.74) is 2.58. The normalized spacial score (nSPS) is 10.8. The molecule has 2 aromatic carbocycles. The van der Waals surface area contributed by atoms with E-state index in [0.717, 1.165) is 9.99 Å². The fourth-order valence-corrected chi connectivity index (χ4v) is 2.75. The van der Waals surface area contributed by atoms with Gasteiger partial charge < -0.3 is 4.57 Å². The molecule has 21 heavy (non-hydrogen) atoms. The molecular weight excluding hydrogens is 333 g/mol. The lowest BCUT2D eigenvalue weighted by atomic mass is 10.2. The van der Waals surface area contributed by atoms with Crippen LogP contribution in [0.2, 0.25) is 0 Å². The van der Waals surface area contributed by atoms with Crippen LogP contribution >= 0.6 is 15.9 Å².